The number of nitrogens with zero attached hydrogens (tertiary/aromatic N) is 2. The number of carbonyl (C=O) groups is 1. The summed E-state index contributed by atoms with van der Waals surface area (Å²) < 4.78 is 0. The standard InChI is InChI=1S/C22H21N5O3S/c1-11-9-18(29)27-20(23-11)14-5-4-6-15(10-14)24-17(28)8-7-16-25-21(30)19-12(2)13(3)31-22(19)26-16/h4-6,9-10H,7-8H2,1-3H3,(H,24,28)(H,23,27,29)(H,25,26,30). The smallest absolute Gasteiger partial charge is 0.259 e. The van der Waals surface area contributed by atoms with E-state index in [0.717, 1.165) is 10.4 Å². The monoisotopic (exact) mass is 435 g/mol. The van der Waals surface area contributed by atoms with Crippen LogP contribution in [0.25, 0.3) is 21.6 Å². The van der Waals surface area contributed by atoms with Crippen molar-refractivity contribution < 1.29 is 4.79 Å². The summed E-state index contributed by atoms with van der Waals surface area (Å²) >= 11 is 1.48. The molecule has 3 N–H and O–H groups in total. The van der Waals surface area contributed by atoms with E-state index in [4.69, 9.17) is 0 Å². The molecule has 0 radical (unpaired) electrons. The van der Waals surface area contributed by atoms with Gasteiger partial charge in [-0.05, 0) is 38.5 Å². The Kier molecular flexibility index (Phi) is 5.51. The number of amides is 1. The lowest BCUT2D eigenvalue weighted by Crippen LogP contribution is -2.16. The molecule has 0 atom stereocenters. The van der Waals surface area contributed by atoms with Crippen molar-refractivity contribution in [2.75, 3.05) is 5.32 Å². The zero-order valence-corrected chi connectivity index (χ0v) is 18.1. The lowest BCUT2D eigenvalue weighted by Gasteiger charge is -2.08. The molecule has 0 saturated carbocycles. The van der Waals surface area contributed by atoms with Gasteiger partial charge < -0.3 is 15.3 Å². The van der Waals surface area contributed by atoms with E-state index in [1.807, 2.05) is 19.9 Å². The fourth-order valence-corrected chi connectivity index (χ4v) is 4.38. The van der Waals surface area contributed by atoms with Gasteiger partial charge in [0.05, 0.1) is 5.39 Å². The first-order valence-corrected chi connectivity index (χ1v) is 10.6. The number of aryl methyl sites for hydroxylation is 4. The highest BCUT2D eigenvalue weighted by atomic mass is 32.1. The number of fused-ring (bicyclic) bond motifs is 1. The molecular formula is C22H21N5O3S. The number of benzene rings is 1. The topological polar surface area (TPSA) is 121 Å². The van der Waals surface area contributed by atoms with E-state index in [0.29, 0.717) is 45.2 Å². The Morgan fingerprint density at radius 3 is 2.68 bits per heavy atom. The summed E-state index contributed by atoms with van der Waals surface area (Å²) in [5, 5.41) is 3.46. The van der Waals surface area contributed by atoms with Gasteiger partial charge in [-0.15, -0.1) is 11.3 Å². The number of anilines is 1. The molecule has 3 heterocycles. The van der Waals surface area contributed by atoms with Gasteiger partial charge in [0, 0.05) is 40.7 Å². The van der Waals surface area contributed by atoms with Crippen molar-refractivity contribution in [3.05, 3.63) is 73.0 Å². The van der Waals surface area contributed by atoms with Crippen LogP contribution in [0.1, 0.15) is 28.4 Å². The van der Waals surface area contributed by atoms with E-state index in [9.17, 15) is 14.4 Å². The van der Waals surface area contributed by atoms with E-state index in [2.05, 4.69) is 25.3 Å². The van der Waals surface area contributed by atoms with Crippen LogP contribution in [0.15, 0.2) is 39.9 Å². The quantitative estimate of drug-likeness (QED) is 0.444. The number of aromatic amines is 2. The van der Waals surface area contributed by atoms with Crippen molar-refractivity contribution >= 4 is 33.1 Å². The molecule has 4 aromatic rings. The summed E-state index contributed by atoms with van der Waals surface area (Å²) in [6.45, 7) is 5.62. The minimum absolute atomic E-state index is 0.168. The maximum absolute atomic E-state index is 12.4. The lowest BCUT2D eigenvalue weighted by atomic mass is 10.1. The highest BCUT2D eigenvalue weighted by Crippen LogP contribution is 2.25. The van der Waals surface area contributed by atoms with E-state index in [1.54, 1.807) is 25.1 Å². The summed E-state index contributed by atoms with van der Waals surface area (Å²) in [7, 11) is 0. The molecule has 31 heavy (non-hydrogen) atoms. The highest BCUT2D eigenvalue weighted by Gasteiger charge is 2.13. The Bertz CT molecular complexity index is 1420. The number of H-pyrrole nitrogens is 2. The summed E-state index contributed by atoms with van der Waals surface area (Å²) in [5.74, 6) is 0.728. The van der Waals surface area contributed by atoms with E-state index < -0.39 is 0 Å². The zero-order valence-electron chi connectivity index (χ0n) is 17.3. The zero-order chi connectivity index (χ0) is 22.1. The Labute approximate surface area is 181 Å². The number of carbonyl (C=O) groups excluding carboxylic acids is 1. The number of hydrogen-bond donors (Lipinski definition) is 3. The largest absolute Gasteiger partial charge is 0.326 e. The van der Waals surface area contributed by atoms with Crippen LogP contribution in [0.3, 0.4) is 0 Å². The molecule has 0 saturated heterocycles. The van der Waals surface area contributed by atoms with Gasteiger partial charge in [-0.2, -0.15) is 0 Å². The molecule has 158 valence electrons. The van der Waals surface area contributed by atoms with Crippen molar-refractivity contribution in [3.8, 4) is 11.4 Å². The molecule has 0 bridgehead atoms. The second kappa shape index (κ2) is 8.27. The second-order valence-corrected chi connectivity index (χ2v) is 8.54. The number of rotatable bonds is 5. The minimum Gasteiger partial charge on any atom is -0.326 e. The predicted molar refractivity (Wildman–Crippen MR) is 122 cm³/mol. The van der Waals surface area contributed by atoms with Crippen LogP contribution in [0.5, 0.6) is 0 Å². The summed E-state index contributed by atoms with van der Waals surface area (Å²) in [6.07, 6.45) is 0.487. The van der Waals surface area contributed by atoms with Gasteiger partial charge in [0.2, 0.25) is 5.91 Å². The third kappa shape index (κ3) is 4.46. The fraction of sp³-hybridized carbons (Fsp3) is 0.227. The second-order valence-electron chi connectivity index (χ2n) is 7.34. The van der Waals surface area contributed by atoms with Crippen LogP contribution < -0.4 is 16.4 Å². The molecule has 0 fully saturated rings. The molecule has 9 heteroatoms. The Morgan fingerprint density at radius 1 is 1.10 bits per heavy atom. The summed E-state index contributed by atoms with van der Waals surface area (Å²) in [4.78, 5) is 52.6. The summed E-state index contributed by atoms with van der Waals surface area (Å²) in [6, 6.07) is 8.52. The van der Waals surface area contributed by atoms with Gasteiger partial charge in [0.25, 0.3) is 11.1 Å². The first-order valence-electron chi connectivity index (χ1n) is 9.77. The van der Waals surface area contributed by atoms with Crippen LogP contribution in [0.4, 0.5) is 5.69 Å². The normalized spacial score (nSPS) is 11.1. The Morgan fingerprint density at radius 2 is 1.90 bits per heavy atom. The summed E-state index contributed by atoms with van der Waals surface area (Å²) in [5.41, 5.74) is 2.44. The molecule has 3 aromatic heterocycles. The third-order valence-corrected chi connectivity index (χ3v) is 6.07. The van der Waals surface area contributed by atoms with E-state index >= 15 is 0 Å². The van der Waals surface area contributed by atoms with Crippen molar-refractivity contribution in [3.63, 3.8) is 0 Å². The Hall–Kier alpha value is -3.59. The molecule has 4 rings (SSSR count). The Balaban J connectivity index is 1.46. The molecule has 0 aliphatic carbocycles. The molecule has 1 aromatic carbocycles. The van der Waals surface area contributed by atoms with Crippen molar-refractivity contribution in [1.82, 2.24) is 19.9 Å². The van der Waals surface area contributed by atoms with Crippen molar-refractivity contribution in [1.29, 1.82) is 0 Å². The number of thiophene rings is 1. The molecule has 0 aliphatic rings. The van der Waals surface area contributed by atoms with Gasteiger partial charge >= 0.3 is 0 Å². The van der Waals surface area contributed by atoms with Gasteiger partial charge in [-0.3, -0.25) is 14.4 Å². The van der Waals surface area contributed by atoms with Gasteiger partial charge in [-0.25, -0.2) is 9.97 Å². The van der Waals surface area contributed by atoms with Crippen molar-refractivity contribution in [2.24, 2.45) is 0 Å². The first kappa shape index (κ1) is 20.7. The van der Waals surface area contributed by atoms with Crippen LogP contribution >= 0.6 is 11.3 Å². The molecule has 0 unspecified atom stereocenters. The van der Waals surface area contributed by atoms with Gasteiger partial charge in [-0.1, -0.05) is 12.1 Å². The van der Waals surface area contributed by atoms with Crippen LogP contribution in [-0.4, -0.2) is 25.8 Å². The maximum atomic E-state index is 12.4. The fourth-order valence-electron chi connectivity index (χ4n) is 3.33. The third-order valence-electron chi connectivity index (χ3n) is 4.97. The molecule has 1 amide bonds. The number of hydrogen-bond acceptors (Lipinski definition) is 6. The first-order chi connectivity index (χ1) is 14.8. The maximum Gasteiger partial charge on any atom is 0.259 e. The minimum atomic E-state index is -0.230. The van der Waals surface area contributed by atoms with Crippen LogP contribution in [0, 0.1) is 20.8 Å². The number of aromatic nitrogens is 4. The number of nitrogens with one attached hydrogen (secondary N) is 3. The van der Waals surface area contributed by atoms with E-state index in [1.165, 1.54) is 17.4 Å². The van der Waals surface area contributed by atoms with Crippen molar-refractivity contribution in [2.45, 2.75) is 33.6 Å². The van der Waals surface area contributed by atoms with E-state index in [-0.39, 0.29) is 23.4 Å². The average molecular weight is 436 g/mol. The van der Waals surface area contributed by atoms with Gasteiger partial charge in [0.1, 0.15) is 16.5 Å². The van der Waals surface area contributed by atoms with Gasteiger partial charge in [0.15, 0.2) is 0 Å². The van der Waals surface area contributed by atoms with Crippen LogP contribution in [0.2, 0.25) is 0 Å². The lowest BCUT2D eigenvalue weighted by molar-refractivity contribution is -0.116. The molecule has 8 nitrogen and oxygen atoms in total. The predicted octanol–water partition coefficient (Wildman–Crippen LogP) is 3.23. The SMILES string of the molecule is Cc1cc(=O)[nH]c(-c2cccc(NC(=O)CCc3nc4sc(C)c(C)c4c(=O)[nH]3)c2)n1. The molecule has 0 spiro atoms. The van der Waals surface area contributed by atoms with Crippen LogP contribution in [-0.2, 0) is 11.2 Å². The highest BCUT2D eigenvalue weighted by molar-refractivity contribution is 7.18. The average Bonchev–Trinajstić information content (AvgIpc) is 3.00. The molecular weight excluding hydrogens is 414 g/mol. The molecule has 0 aliphatic heterocycles.